The predicted octanol–water partition coefficient (Wildman–Crippen LogP) is 0.535. The van der Waals surface area contributed by atoms with Crippen molar-refractivity contribution < 1.29 is 19.4 Å². The average molecular weight is 226 g/mol. The molecule has 0 saturated heterocycles. The quantitative estimate of drug-likeness (QED) is 0.783. The van der Waals surface area contributed by atoms with Crippen LogP contribution in [0.15, 0.2) is 21.9 Å². The van der Waals surface area contributed by atoms with E-state index in [9.17, 15) is 15.0 Å². The summed E-state index contributed by atoms with van der Waals surface area (Å²) < 4.78 is 9.85. The van der Waals surface area contributed by atoms with Crippen molar-refractivity contribution in [2.75, 3.05) is 7.11 Å². The molecule has 0 bridgehead atoms. The lowest BCUT2D eigenvalue weighted by atomic mass is 10.1. The largest absolute Gasteiger partial charge is 0.496 e. The zero-order valence-electron chi connectivity index (χ0n) is 9.19. The molecule has 1 aromatic rings. The fraction of sp³-hybridized carbons (Fsp3) is 0.364. The number of aliphatic hydroxyl groups is 2. The summed E-state index contributed by atoms with van der Waals surface area (Å²) in [5.74, 6) is 0.289. The maximum absolute atomic E-state index is 11.2. The lowest BCUT2D eigenvalue weighted by Crippen LogP contribution is -2.11. The molecule has 16 heavy (non-hydrogen) atoms. The summed E-state index contributed by atoms with van der Waals surface area (Å²) in [6, 6.07) is 1.13. The third-order valence-corrected chi connectivity index (χ3v) is 2.20. The molecule has 1 rings (SSSR count). The zero-order chi connectivity index (χ0) is 12.3. The maximum atomic E-state index is 11.2. The van der Waals surface area contributed by atoms with Crippen molar-refractivity contribution >= 4 is 5.57 Å². The Balaban J connectivity index is 3.42. The van der Waals surface area contributed by atoms with Gasteiger partial charge in [0.2, 0.25) is 0 Å². The van der Waals surface area contributed by atoms with Crippen molar-refractivity contribution in [3.63, 3.8) is 0 Å². The topological polar surface area (TPSA) is 79.9 Å². The van der Waals surface area contributed by atoms with Gasteiger partial charge in [-0.2, -0.15) is 0 Å². The Morgan fingerprint density at radius 2 is 2.31 bits per heavy atom. The first-order valence-electron chi connectivity index (χ1n) is 4.70. The Morgan fingerprint density at radius 1 is 1.69 bits per heavy atom. The van der Waals surface area contributed by atoms with Gasteiger partial charge in [0.25, 0.3) is 0 Å². The number of rotatable bonds is 4. The van der Waals surface area contributed by atoms with E-state index >= 15 is 0 Å². The molecular formula is C11H14O5. The number of ether oxygens (including phenoxy) is 1. The van der Waals surface area contributed by atoms with Gasteiger partial charge >= 0.3 is 5.63 Å². The summed E-state index contributed by atoms with van der Waals surface area (Å²) in [6.07, 6.45) is -0.874. The van der Waals surface area contributed by atoms with Crippen LogP contribution in [0.3, 0.4) is 0 Å². The molecule has 5 nitrogen and oxygen atoms in total. The molecule has 0 amide bonds. The smallest absolute Gasteiger partial charge is 0.339 e. The molecule has 0 aliphatic heterocycles. The minimum atomic E-state index is -0.874. The zero-order valence-corrected chi connectivity index (χ0v) is 9.19. The summed E-state index contributed by atoms with van der Waals surface area (Å²) in [5, 5.41) is 18.6. The van der Waals surface area contributed by atoms with Crippen LogP contribution in [-0.2, 0) is 6.61 Å². The Bertz CT molecular complexity index is 444. The molecule has 88 valence electrons. The van der Waals surface area contributed by atoms with Crippen LogP contribution >= 0.6 is 0 Å². The summed E-state index contributed by atoms with van der Waals surface area (Å²) in [5.41, 5.74) is -0.0982. The highest BCUT2D eigenvalue weighted by Gasteiger charge is 2.18. The van der Waals surface area contributed by atoms with Gasteiger partial charge in [0.15, 0.2) is 0 Å². The second-order valence-corrected chi connectivity index (χ2v) is 3.30. The van der Waals surface area contributed by atoms with Crippen LogP contribution in [0.2, 0.25) is 0 Å². The molecule has 0 aliphatic carbocycles. The van der Waals surface area contributed by atoms with Crippen LogP contribution in [0, 0.1) is 0 Å². The van der Waals surface area contributed by atoms with Crippen LogP contribution in [0.1, 0.15) is 18.2 Å². The van der Waals surface area contributed by atoms with E-state index in [1.807, 2.05) is 0 Å². The lowest BCUT2D eigenvalue weighted by Gasteiger charge is -2.13. The van der Waals surface area contributed by atoms with Crippen molar-refractivity contribution in [3.05, 3.63) is 34.4 Å². The van der Waals surface area contributed by atoms with Crippen molar-refractivity contribution in [1.29, 1.82) is 0 Å². The number of methoxy groups -OCH3 is 1. The molecule has 0 radical (unpaired) electrons. The Labute approximate surface area is 92.6 Å². The SMILES string of the molecule is C=C(c1oc(=O)cc(OC)c1CO)[C@@H](C)O. The van der Waals surface area contributed by atoms with Crippen molar-refractivity contribution in [2.24, 2.45) is 0 Å². The first-order valence-corrected chi connectivity index (χ1v) is 4.70. The maximum Gasteiger partial charge on any atom is 0.339 e. The van der Waals surface area contributed by atoms with Gasteiger partial charge in [-0.05, 0) is 6.92 Å². The Morgan fingerprint density at radius 3 is 2.75 bits per heavy atom. The van der Waals surface area contributed by atoms with Crippen molar-refractivity contribution in [2.45, 2.75) is 19.6 Å². The molecule has 1 aromatic heterocycles. The molecule has 0 fully saturated rings. The van der Waals surface area contributed by atoms with E-state index in [1.165, 1.54) is 14.0 Å². The minimum Gasteiger partial charge on any atom is -0.496 e. The minimum absolute atomic E-state index is 0.0712. The molecule has 0 aromatic carbocycles. The Kier molecular flexibility index (Phi) is 3.87. The highest BCUT2D eigenvalue weighted by molar-refractivity contribution is 5.66. The molecule has 0 aliphatic rings. The molecule has 1 atom stereocenters. The van der Waals surface area contributed by atoms with Gasteiger partial charge in [-0.3, -0.25) is 0 Å². The summed E-state index contributed by atoms with van der Waals surface area (Å²) in [4.78, 5) is 11.2. The van der Waals surface area contributed by atoms with E-state index in [2.05, 4.69) is 6.58 Å². The van der Waals surface area contributed by atoms with Crippen molar-refractivity contribution in [1.82, 2.24) is 0 Å². The highest BCUT2D eigenvalue weighted by atomic mass is 16.5. The van der Waals surface area contributed by atoms with Crippen LogP contribution in [0.4, 0.5) is 0 Å². The first kappa shape index (κ1) is 12.5. The number of aliphatic hydroxyl groups excluding tert-OH is 2. The second kappa shape index (κ2) is 4.96. The number of hydrogen-bond acceptors (Lipinski definition) is 5. The summed E-state index contributed by atoms with van der Waals surface area (Å²) in [6.45, 7) is 4.72. The normalized spacial score (nSPS) is 12.2. The fourth-order valence-corrected chi connectivity index (χ4v) is 1.28. The van der Waals surface area contributed by atoms with Crippen LogP contribution in [0.25, 0.3) is 5.57 Å². The Hall–Kier alpha value is -1.59. The lowest BCUT2D eigenvalue weighted by molar-refractivity contribution is 0.245. The van der Waals surface area contributed by atoms with Gasteiger partial charge in [0, 0.05) is 5.57 Å². The van der Waals surface area contributed by atoms with E-state index in [1.54, 1.807) is 0 Å². The van der Waals surface area contributed by atoms with Crippen LogP contribution < -0.4 is 10.4 Å². The van der Waals surface area contributed by atoms with Gasteiger partial charge < -0.3 is 19.4 Å². The van der Waals surface area contributed by atoms with Gasteiger partial charge in [-0.15, -0.1) is 0 Å². The predicted molar refractivity (Wildman–Crippen MR) is 58.2 cm³/mol. The van der Waals surface area contributed by atoms with E-state index in [0.29, 0.717) is 5.56 Å². The van der Waals surface area contributed by atoms with Gasteiger partial charge in [0.1, 0.15) is 11.5 Å². The molecule has 0 unspecified atom stereocenters. The van der Waals surface area contributed by atoms with Crippen molar-refractivity contribution in [3.8, 4) is 5.75 Å². The van der Waals surface area contributed by atoms with E-state index < -0.39 is 11.7 Å². The molecule has 5 heteroatoms. The van der Waals surface area contributed by atoms with Crippen LogP contribution in [-0.4, -0.2) is 23.4 Å². The third-order valence-electron chi connectivity index (χ3n) is 2.20. The molecule has 0 spiro atoms. The molecule has 0 saturated carbocycles. The summed E-state index contributed by atoms with van der Waals surface area (Å²) >= 11 is 0. The van der Waals surface area contributed by atoms with Gasteiger partial charge in [0.05, 0.1) is 31.5 Å². The molecular weight excluding hydrogens is 212 g/mol. The second-order valence-electron chi connectivity index (χ2n) is 3.30. The highest BCUT2D eigenvalue weighted by Crippen LogP contribution is 2.26. The van der Waals surface area contributed by atoms with E-state index in [-0.39, 0.29) is 23.7 Å². The standard InChI is InChI=1S/C11H14O5/c1-6(7(2)13)11-8(5-12)9(15-3)4-10(14)16-11/h4,7,12-13H,1,5H2,2-3H3/t7-/m1/s1. The molecule has 2 N–H and O–H groups in total. The monoisotopic (exact) mass is 226 g/mol. The van der Waals surface area contributed by atoms with E-state index in [4.69, 9.17) is 9.15 Å². The average Bonchev–Trinajstić information content (AvgIpc) is 2.26. The third kappa shape index (κ3) is 2.32. The fourth-order valence-electron chi connectivity index (χ4n) is 1.28. The van der Waals surface area contributed by atoms with Crippen LogP contribution in [0.5, 0.6) is 5.75 Å². The number of hydrogen-bond donors (Lipinski definition) is 2. The van der Waals surface area contributed by atoms with Gasteiger partial charge in [-0.25, -0.2) is 4.79 Å². The van der Waals surface area contributed by atoms with E-state index in [0.717, 1.165) is 6.07 Å². The first-order chi connectivity index (χ1) is 7.51. The summed E-state index contributed by atoms with van der Waals surface area (Å²) in [7, 11) is 1.38. The molecule has 1 heterocycles. The van der Waals surface area contributed by atoms with Gasteiger partial charge in [-0.1, -0.05) is 6.58 Å².